The van der Waals surface area contributed by atoms with Crippen molar-refractivity contribution in [3.63, 3.8) is 0 Å². The number of phenols is 1. The molecule has 4 rings (SSSR count). The van der Waals surface area contributed by atoms with E-state index in [1.807, 2.05) is 30.3 Å². The Morgan fingerprint density at radius 1 is 0.921 bits per heavy atom. The van der Waals surface area contributed by atoms with Gasteiger partial charge in [-0.2, -0.15) is 0 Å². The molecule has 5 nitrogen and oxygen atoms in total. The molecule has 3 aromatic carbocycles. The van der Waals surface area contributed by atoms with E-state index in [-0.39, 0.29) is 16.6 Å². The van der Waals surface area contributed by atoms with Crippen LogP contribution in [-0.4, -0.2) is 24.8 Å². The molecule has 200 valence electrons. The van der Waals surface area contributed by atoms with Gasteiger partial charge >= 0.3 is 5.97 Å². The van der Waals surface area contributed by atoms with E-state index in [0.29, 0.717) is 24.5 Å². The Balaban J connectivity index is 1.81. The maximum Gasteiger partial charge on any atom is 0.330 e. The number of carbonyl (C=O) groups excluding carboxylic acids is 1. The van der Waals surface area contributed by atoms with E-state index >= 15 is 0 Å². The highest BCUT2D eigenvalue weighted by molar-refractivity contribution is 5.88. The largest absolute Gasteiger partial charge is 0.507 e. The van der Waals surface area contributed by atoms with Crippen LogP contribution in [0.5, 0.6) is 17.2 Å². The summed E-state index contributed by atoms with van der Waals surface area (Å²) in [5.41, 5.74) is 5.83. The number of aromatic hydroxyl groups is 1. The zero-order valence-electron chi connectivity index (χ0n) is 23.3. The number of hydrogen-bond acceptors (Lipinski definition) is 5. The number of rotatable bonds is 8. The summed E-state index contributed by atoms with van der Waals surface area (Å²) < 4.78 is 16.8. The van der Waals surface area contributed by atoms with Crippen molar-refractivity contribution in [3.05, 3.63) is 82.9 Å². The summed E-state index contributed by atoms with van der Waals surface area (Å²) in [6.07, 6.45) is 5.26. The highest BCUT2D eigenvalue weighted by Crippen LogP contribution is 2.50. The van der Waals surface area contributed by atoms with Gasteiger partial charge in [0.2, 0.25) is 0 Å². The lowest BCUT2D eigenvalue weighted by atomic mass is 9.62. The van der Waals surface area contributed by atoms with Gasteiger partial charge in [0.25, 0.3) is 0 Å². The Morgan fingerprint density at radius 2 is 1.58 bits per heavy atom. The van der Waals surface area contributed by atoms with Crippen LogP contribution < -0.4 is 9.47 Å². The highest BCUT2D eigenvalue weighted by atomic mass is 16.5. The molecule has 0 amide bonds. The van der Waals surface area contributed by atoms with Crippen LogP contribution in [0.15, 0.2) is 60.7 Å². The molecule has 0 atom stereocenters. The van der Waals surface area contributed by atoms with Gasteiger partial charge in [-0.25, -0.2) is 4.79 Å². The fourth-order valence-electron chi connectivity index (χ4n) is 5.03. The fourth-order valence-corrected chi connectivity index (χ4v) is 5.03. The van der Waals surface area contributed by atoms with Gasteiger partial charge in [-0.3, -0.25) is 0 Å². The molecule has 1 N–H and O–H groups in total. The second kappa shape index (κ2) is 10.9. The van der Waals surface area contributed by atoms with Gasteiger partial charge < -0.3 is 19.3 Å². The Labute approximate surface area is 226 Å². The molecule has 1 aliphatic carbocycles. The quantitative estimate of drug-likeness (QED) is 0.248. The van der Waals surface area contributed by atoms with Gasteiger partial charge in [0.15, 0.2) is 0 Å². The van der Waals surface area contributed by atoms with E-state index < -0.39 is 5.97 Å². The Kier molecular flexibility index (Phi) is 7.86. The summed E-state index contributed by atoms with van der Waals surface area (Å²) in [5.74, 6) is 1.26. The van der Waals surface area contributed by atoms with Crippen LogP contribution in [0.3, 0.4) is 0 Å². The average molecular weight is 515 g/mol. The molecular weight excluding hydrogens is 476 g/mol. The zero-order valence-corrected chi connectivity index (χ0v) is 23.3. The van der Waals surface area contributed by atoms with Crippen LogP contribution in [0.4, 0.5) is 0 Å². The Bertz CT molecular complexity index is 1330. The normalized spacial score (nSPS) is 15.6. The summed E-state index contributed by atoms with van der Waals surface area (Å²) in [6.45, 7) is 11.6. The number of hydrogen-bond donors (Lipinski definition) is 1. The van der Waals surface area contributed by atoms with Gasteiger partial charge in [0.1, 0.15) is 23.9 Å². The van der Waals surface area contributed by atoms with Crippen molar-refractivity contribution < 1.29 is 24.1 Å². The van der Waals surface area contributed by atoms with Crippen LogP contribution >= 0.6 is 0 Å². The molecule has 1 aliphatic rings. The molecule has 0 heterocycles. The van der Waals surface area contributed by atoms with E-state index in [1.54, 1.807) is 32.2 Å². The number of benzene rings is 3. The van der Waals surface area contributed by atoms with Crippen molar-refractivity contribution in [2.75, 3.05) is 13.7 Å². The molecule has 38 heavy (non-hydrogen) atoms. The first kappa shape index (κ1) is 27.3. The second-order valence-corrected chi connectivity index (χ2v) is 11.2. The molecule has 0 saturated heterocycles. The van der Waals surface area contributed by atoms with Crippen LogP contribution in [0.25, 0.3) is 17.2 Å². The third-order valence-electron chi connectivity index (χ3n) is 7.52. The molecule has 0 saturated carbocycles. The maximum atomic E-state index is 11.9. The first-order valence-corrected chi connectivity index (χ1v) is 13.2. The third kappa shape index (κ3) is 5.88. The predicted molar refractivity (Wildman–Crippen MR) is 152 cm³/mol. The average Bonchev–Trinajstić information content (AvgIpc) is 2.90. The molecule has 0 fully saturated rings. The zero-order chi connectivity index (χ0) is 27.5. The van der Waals surface area contributed by atoms with Crippen molar-refractivity contribution >= 4 is 12.0 Å². The number of fused-ring (bicyclic) bond motifs is 1. The van der Waals surface area contributed by atoms with Crippen LogP contribution in [0.1, 0.15) is 69.7 Å². The summed E-state index contributed by atoms with van der Waals surface area (Å²) >= 11 is 0. The lowest BCUT2D eigenvalue weighted by Crippen LogP contribution is -2.33. The number of esters is 1. The summed E-state index contributed by atoms with van der Waals surface area (Å²) in [5, 5.41) is 11.0. The molecule has 3 aromatic rings. The fraction of sp³-hybridized carbons (Fsp3) is 0.364. The smallest absolute Gasteiger partial charge is 0.330 e. The highest BCUT2D eigenvalue weighted by Gasteiger charge is 2.38. The molecule has 0 aromatic heterocycles. The van der Waals surface area contributed by atoms with E-state index in [9.17, 15) is 9.90 Å². The topological polar surface area (TPSA) is 65.0 Å². The minimum Gasteiger partial charge on any atom is -0.507 e. The predicted octanol–water partition coefficient (Wildman–Crippen LogP) is 7.57. The number of ether oxygens (including phenoxy) is 3. The van der Waals surface area contributed by atoms with E-state index in [1.165, 1.54) is 17.2 Å². The van der Waals surface area contributed by atoms with Crippen molar-refractivity contribution in [1.29, 1.82) is 0 Å². The summed E-state index contributed by atoms with van der Waals surface area (Å²) in [6, 6.07) is 17.5. The van der Waals surface area contributed by atoms with Crippen molar-refractivity contribution in [1.82, 2.24) is 0 Å². The standard InChI is InChI=1S/C33H38O5/c1-7-37-31(35)15-11-22-10-14-29(34)25(18-22)26-19-27-28(33(4,5)17-16-32(27,2)3)20-30(26)38-21-23-8-12-24(36-6)13-9-23/h8-15,18-20,34H,7,16-17,21H2,1-6H3/b15-11+. The molecule has 5 heteroatoms. The summed E-state index contributed by atoms with van der Waals surface area (Å²) in [7, 11) is 1.65. The van der Waals surface area contributed by atoms with Crippen molar-refractivity contribution in [2.24, 2.45) is 0 Å². The minimum absolute atomic E-state index is 0.00781. The minimum atomic E-state index is -0.400. The molecular formula is C33H38O5. The number of phenolic OH excluding ortho intramolecular Hbond substituents is 1. The van der Waals surface area contributed by atoms with E-state index in [0.717, 1.165) is 35.3 Å². The number of methoxy groups -OCH3 is 1. The molecule has 0 aliphatic heterocycles. The molecule has 0 spiro atoms. The molecule has 0 bridgehead atoms. The van der Waals surface area contributed by atoms with Crippen LogP contribution in [0.2, 0.25) is 0 Å². The van der Waals surface area contributed by atoms with Gasteiger partial charge in [0.05, 0.1) is 13.7 Å². The third-order valence-corrected chi connectivity index (χ3v) is 7.52. The van der Waals surface area contributed by atoms with E-state index in [4.69, 9.17) is 14.2 Å². The second-order valence-electron chi connectivity index (χ2n) is 11.2. The molecule has 0 unspecified atom stereocenters. The SMILES string of the molecule is CCOC(=O)/C=C/c1ccc(O)c(-c2cc3c(cc2OCc2ccc(OC)cc2)C(C)(C)CCC3(C)C)c1. The molecule has 0 radical (unpaired) electrons. The van der Waals surface area contributed by atoms with Gasteiger partial charge in [0, 0.05) is 17.2 Å². The summed E-state index contributed by atoms with van der Waals surface area (Å²) in [4.78, 5) is 11.9. The van der Waals surface area contributed by atoms with Gasteiger partial charge in [-0.05, 0) is 95.3 Å². The monoisotopic (exact) mass is 514 g/mol. The lowest BCUT2D eigenvalue weighted by Gasteiger charge is -2.42. The Morgan fingerprint density at radius 3 is 2.21 bits per heavy atom. The van der Waals surface area contributed by atoms with Gasteiger partial charge in [-0.1, -0.05) is 45.9 Å². The first-order chi connectivity index (χ1) is 18.0. The maximum absolute atomic E-state index is 11.9. The first-order valence-electron chi connectivity index (χ1n) is 13.2. The van der Waals surface area contributed by atoms with Crippen molar-refractivity contribution in [3.8, 4) is 28.4 Å². The van der Waals surface area contributed by atoms with Crippen LogP contribution in [0, 0.1) is 0 Å². The van der Waals surface area contributed by atoms with Crippen molar-refractivity contribution in [2.45, 2.75) is 64.9 Å². The van der Waals surface area contributed by atoms with Gasteiger partial charge in [-0.15, -0.1) is 0 Å². The van der Waals surface area contributed by atoms with E-state index in [2.05, 4.69) is 39.8 Å². The van der Waals surface area contributed by atoms with Crippen LogP contribution in [-0.2, 0) is 27.0 Å². The Hall–Kier alpha value is -3.73. The number of carbonyl (C=O) groups is 1. The lowest BCUT2D eigenvalue weighted by molar-refractivity contribution is -0.137.